The van der Waals surface area contributed by atoms with Crippen LogP contribution >= 0.6 is 11.6 Å². The number of piperidine rings is 1. The Kier molecular flexibility index (Phi) is 3.04. The number of carbonyl (C=O) groups is 1. The van der Waals surface area contributed by atoms with Crippen LogP contribution in [-0.2, 0) is 10.2 Å². The first kappa shape index (κ1) is 13.5. The van der Waals surface area contributed by atoms with E-state index in [1.165, 1.54) is 0 Å². The van der Waals surface area contributed by atoms with Gasteiger partial charge >= 0.3 is 0 Å². The van der Waals surface area contributed by atoms with E-state index < -0.39 is 5.41 Å². The molecule has 2 aromatic rings. The monoisotopic (exact) mass is 314 g/mol. The van der Waals surface area contributed by atoms with Gasteiger partial charge in [0.25, 0.3) is 0 Å². The van der Waals surface area contributed by atoms with Crippen LogP contribution in [0.5, 0.6) is 0 Å². The second-order valence-corrected chi connectivity index (χ2v) is 6.17. The van der Waals surface area contributed by atoms with Crippen molar-refractivity contribution >= 4 is 29.0 Å². The third-order valence-electron chi connectivity index (χ3n) is 4.68. The van der Waals surface area contributed by atoms with Gasteiger partial charge in [-0.05, 0) is 36.6 Å². The number of aromatic nitrogens is 2. The van der Waals surface area contributed by atoms with Crippen LogP contribution in [0, 0.1) is 0 Å². The summed E-state index contributed by atoms with van der Waals surface area (Å²) in [6, 6.07) is 11.6. The molecule has 1 saturated heterocycles. The highest BCUT2D eigenvalue weighted by Gasteiger charge is 2.48. The second-order valence-electron chi connectivity index (χ2n) is 5.78. The van der Waals surface area contributed by atoms with Crippen LogP contribution in [0.2, 0.25) is 5.15 Å². The van der Waals surface area contributed by atoms with Gasteiger partial charge in [0.2, 0.25) is 5.91 Å². The van der Waals surface area contributed by atoms with E-state index >= 15 is 0 Å². The average Bonchev–Trinajstić information content (AvgIpc) is 2.82. The molecule has 1 aromatic carbocycles. The number of fused-ring (bicyclic) bond motifs is 2. The fourth-order valence-electron chi connectivity index (χ4n) is 3.47. The summed E-state index contributed by atoms with van der Waals surface area (Å²) in [5.41, 5.74) is 1.68. The summed E-state index contributed by atoms with van der Waals surface area (Å²) >= 11 is 5.78. The summed E-state index contributed by atoms with van der Waals surface area (Å²) in [4.78, 5) is 14.7. The predicted molar refractivity (Wildman–Crippen MR) is 85.2 cm³/mol. The summed E-state index contributed by atoms with van der Waals surface area (Å²) in [6.07, 6.45) is 1.56. The molecule has 0 bridgehead atoms. The number of benzene rings is 1. The smallest absolute Gasteiger partial charge is 0.235 e. The number of hydrogen-bond donors (Lipinski definition) is 1. The van der Waals surface area contributed by atoms with Crippen molar-refractivity contribution in [2.45, 2.75) is 18.3 Å². The van der Waals surface area contributed by atoms with Gasteiger partial charge in [-0.1, -0.05) is 29.8 Å². The molecule has 4 rings (SSSR count). The molecular formula is C16H15ClN4O. The third-order valence-corrected chi connectivity index (χ3v) is 4.89. The molecule has 1 aromatic heterocycles. The van der Waals surface area contributed by atoms with Crippen LogP contribution in [-0.4, -0.2) is 29.2 Å². The Bertz CT molecular complexity index is 723. The lowest BCUT2D eigenvalue weighted by molar-refractivity contribution is -0.121. The van der Waals surface area contributed by atoms with Crippen LogP contribution in [0.4, 0.5) is 11.5 Å². The first-order valence-corrected chi connectivity index (χ1v) is 7.72. The Morgan fingerprint density at radius 3 is 2.59 bits per heavy atom. The number of amides is 1. The number of nitrogens with one attached hydrogen (secondary N) is 1. The van der Waals surface area contributed by atoms with E-state index in [2.05, 4.69) is 26.5 Å². The van der Waals surface area contributed by atoms with Gasteiger partial charge in [0.05, 0.1) is 5.41 Å². The van der Waals surface area contributed by atoms with E-state index in [9.17, 15) is 4.79 Å². The number of carbonyl (C=O) groups excluding carboxylic acids is 1. The number of halogens is 1. The Morgan fingerprint density at radius 1 is 1.09 bits per heavy atom. The Morgan fingerprint density at radius 2 is 1.86 bits per heavy atom. The Hall–Kier alpha value is -2.14. The number of anilines is 2. The van der Waals surface area contributed by atoms with Crippen LogP contribution in [0.1, 0.15) is 18.4 Å². The number of hydrogen-bond acceptors (Lipinski definition) is 4. The highest BCUT2D eigenvalue weighted by molar-refractivity contribution is 6.29. The van der Waals surface area contributed by atoms with E-state index in [0.717, 1.165) is 43.0 Å². The molecule has 2 aliphatic heterocycles. The zero-order chi connectivity index (χ0) is 15.2. The van der Waals surface area contributed by atoms with Gasteiger partial charge in [0.1, 0.15) is 0 Å². The van der Waals surface area contributed by atoms with Crippen molar-refractivity contribution in [1.82, 2.24) is 10.2 Å². The van der Waals surface area contributed by atoms with E-state index in [4.69, 9.17) is 11.6 Å². The molecule has 0 atom stereocenters. The maximum atomic E-state index is 12.5. The van der Waals surface area contributed by atoms with Gasteiger partial charge in [0.15, 0.2) is 11.0 Å². The van der Waals surface area contributed by atoms with Crippen LogP contribution in [0.15, 0.2) is 36.4 Å². The average molecular weight is 315 g/mol. The lowest BCUT2D eigenvalue weighted by Crippen LogP contribution is -2.46. The molecule has 2 aliphatic rings. The van der Waals surface area contributed by atoms with E-state index in [0.29, 0.717) is 5.15 Å². The predicted octanol–water partition coefficient (Wildman–Crippen LogP) is 2.62. The van der Waals surface area contributed by atoms with Crippen molar-refractivity contribution in [3.63, 3.8) is 0 Å². The number of nitrogens with zero attached hydrogens (tertiary/aromatic N) is 3. The number of para-hydroxylation sites is 1. The molecule has 3 heterocycles. The van der Waals surface area contributed by atoms with E-state index in [-0.39, 0.29) is 5.91 Å². The van der Waals surface area contributed by atoms with Gasteiger partial charge in [-0.2, -0.15) is 0 Å². The van der Waals surface area contributed by atoms with Gasteiger partial charge < -0.3 is 10.2 Å². The first-order chi connectivity index (χ1) is 10.7. The van der Waals surface area contributed by atoms with Crippen molar-refractivity contribution in [1.29, 1.82) is 0 Å². The standard InChI is InChI=1S/C16H15ClN4O/c17-13-5-6-14(20-19-13)21-9-7-16(8-10-21)11-3-1-2-4-12(11)18-15(16)22/h1-6H,7-10H2,(H,18,22). The molecule has 5 nitrogen and oxygen atoms in total. The summed E-state index contributed by atoms with van der Waals surface area (Å²) in [6.45, 7) is 1.55. The quantitative estimate of drug-likeness (QED) is 0.879. The highest BCUT2D eigenvalue weighted by atomic mass is 35.5. The fourth-order valence-corrected chi connectivity index (χ4v) is 3.57. The first-order valence-electron chi connectivity index (χ1n) is 7.34. The lowest BCUT2D eigenvalue weighted by atomic mass is 9.74. The SMILES string of the molecule is O=C1Nc2ccccc2C12CCN(c1ccc(Cl)nn1)CC2. The highest BCUT2D eigenvalue weighted by Crippen LogP contribution is 2.45. The third kappa shape index (κ3) is 1.96. The van der Waals surface area contributed by atoms with Crippen molar-refractivity contribution in [3.8, 4) is 0 Å². The Balaban J connectivity index is 1.59. The molecule has 1 fully saturated rings. The summed E-state index contributed by atoms with van der Waals surface area (Å²) in [7, 11) is 0. The minimum atomic E-state index is -0.396. The number of rotatable bonds is 1. The molecule has 112 valence electrons. The topological polar surface area (TPSA) is 58.1 Å². The molecule has 1 spiro atoms. The maximum absolute atomic E-state index is 12.5. The molecule has 0 radical (unpaired) electrons. The summed E-state index contributed by atoms with van der Waals surface area (Å²) < 4.78 is 0. The largest absolute Gasteiger partial charge is 0.355 e. The van der Waals surface area contributed by atoms with Gasteiger partial charge in [0, 0.05) is 18.8 Å². The molecule has 1 amide bonds. The second kappa shape index (κ2) is 4.95. The van der Waals surface area contributed by atoms with Crippen LogP contribution < -0.4 is 10.2 Å². The summed E-state index contributed by atoms with van der Waals surface area (Å²) in [5.74, 6) is 0.932. The van der Waals surface area contributed by atoms with Crippen molar-refractivity contribution in [2.24, 2.45) is 0 Å². The summed E-state index contributed by atoms with van der Waals surface area (Å²) in [5, 5.41) is 11.4. The van der Waals surface area contributed by atoms with Gasteiger partial charge in [-0.25, -0.2) is 0 Å². The van der Waals surface area contributed by atoms with Gasteiger partial charge in [-0.3, -0.25) is 4.79 Å². The maximum Gasteiger partial charge on any atom is 0.235 e. The normalized spacial score (nSPS) is 19.1. The Labute approximate surface area is 133 Å². The molecule has 0 saturated carbocycles. The van der Waals surface area contributed by atoms with E-state index in [1.807, 2.05) is 24.3 Å². The zero-order valence-electron chi connectivity index (χ0n) is 11.9. The van der Waals surface area contributed by atoms with E-state index in [1.54, 1.807) is 6.07 Å². The van der Waals surface area contributed by atoms with Crippen LogP contribution in [0.3, 0.4) is 0 Å². The van der Waals surface area contributed by atoms with Crippen molar-refractivity contribution < 1.29 is 4.79 Å². The molecule has 6 heteroatoms. The van der Waals surface area contributed by atoms with Crippen molar-refractivity contribution in [3.05, 3.63) is 47.1 Å². The molecule has 1 N–H and O–H groups in total. The minimum absolute atomic E-state index is 0.121. The molecular weight excluding hydrogens is 300 g/mol. The lowest BCUT2D eigenvalue weighted by Gasteiger charge is -2.38. The zero-order valence-corrected chi connectivity index (χ0v) is 12.7. The van der Waals surface area contributed by atoms with Gasteiger partial charge in [-0.15, -0.1) is 10.2 Å². The minimum Gasteiger partial charge on any atom is -0.355 e. The van der Waals surface area contributed by atoms with Crippen molar-refractivity contribution in [2.75, 3.05) is 23.3 Å². The fraction of sp³-hybridized carbons (Fsp3) is 0.312. The van der Waals surface area contributed by atoms with Crippen LogP contribution in [0.25, 0.3) is 0 Å². The molecule has 0 unspecified atom stereocenters. The molecule has 22 heavy (non-hydrogen) atoms. The molecule has 0 aliphatic carbocycles.